The van der Waals surface area contributed by atoms with E-state index in [-0.39, 0.29) is 18.4 Å². The molecule has 8 heteroatoms. The number of halogens is 5. The molecule has 24 heavy (non-hydrogen) atoms. The number of hydrogen-bond donors (Lipinski definition) is 0. The minimum Gasteiger partial charge on any atom is -0.268 e. The molecule has 1 aliphatic rings. The van der Waals surface area contributed by atoms with Crippen LogP contribution >= 0.6 is 27.5 Å². The van der Waals surface area contributed by atoms with Gasteiger partial charge in [0, 0.05) is 10.9 Å². The van der Waals surface area contributed by atoms with Crippen molar-refractivity contribution in [1.82, 2.24) is 9.55 Å². The molecule has 3 nitrogen and oxygen atoms in total. The third kappa shape index (κ3) is 3.11. The van der Waals surface area contributed by atoms with Crippen LogP contribution in [0.25, 0.3) is 5.69 Å². The predicted molar refractivity (Wildman–Crippen MR) is 88.8 cm³/mol. The highest BCUT2D eigenvalue weighted by molar-refractivity contribution is 9.10. The van der Waals surface area contributed by atoms with Crippen molar-refractivity contribution >= 4 is 27.5 Å². The molecular weight excluding hydrogens is 409 g/mol. The van der Waals surface area contributed by atoms with Crippen LogP contribution in [-0.4, -0.2) is 15.7 Å². The van der Waals surface area contributed by atoms with Crippen molar-refractivity contribution in [2.24, 2.45) is 5.92 Å². The van der Waals surface area contributed by atoms with Gasteiger partial charge in [-0.25, -0.2) is 4.98 Å². The third-order valence-electron chi connectivity index (χ3n) is 4.27. The SMILES string of the molecule is Cc1nc([C@H]2C[C@@H](C(F)(F)F)C2)n(-c2ccc(Cl)cc2)c(=O)c1Br. The largest absolute Gasteiger partial charge is 0.391 e. The summed E-state index contributed by atoms with van der Waals surface area (Å²) in [6.07, 6.45) is -4.30. The zero-order chi connectivity index (χ0) is 17.6. The van der Waals surface area contributed by atoms with Crippen LogP contribution in [0.5, 0.6) is 0 Å². The monoisotopic (exact) mass is 420 g/mol. The van der Waals surface area contributed by atoms with Gasteiger partial charge in [0.15, 0.2) is 0 Å². The first-order valence-electron chi connectivity index (χ1n) is 7.30. The molecule has 1 heterocycles. The van der Waals surface area contributed by atoms with E-state index >= 15 is 0 Å². The van der Waals surface area contributed by atoms with Crippen LogP contribution in [0.15, 0.2) is 33.5 Å². The molecule has 1 fully saturated rings. The molecule has 0 radical (unpaired) electrons. The fraction of sp³-hybridized carbons (Fsp3) is 0.375. The lowest BCUT2D eigenvalue weighted by atomic mass is 9.74. The summed E-state index contributed by atoms with van der Waals surface area (Å²) < 4.78 is 40.0. The Labute approximate surface area is 149 Å². The highest BCUT2D eigenvalue weighted by atomic mass is 79.9. The lowest BCUT2D eigenvalue weighted by Crippen LogP contribution is -2.38. The summed E-state index contributed by atoms with van der Waals surface area (Å²) in [5.74, 6) is -1.36. The number of rotatable bonds is 2. The van der Waals surface area contributed by atoms with Gasteiger partial charge in [0.1, 0.15) is 10.3 Å². The Bertz CT molecular complexity index is 827. The Morgan fingerprint density at radius 2 is 1.83 bits per heavy atom. The molecule has 0 atom stereocenters. The van der Waals surface area contributed by atoms with Crippen LogP contribution in [0.4, 0.5) is 13.2 Å². The number of hydrogen-bond acceptors (Lipinski definition) is 2. The van der Waals surface area contributed by atoms with Gasteiger partial charge in [-0.05, 0) is 60.0 Å². The second kappa shape index (κ2) is 6.19. The number of alkyl halides is 3. The highest BCUT2D eigenvalue weighted by Crippen LogP contribution is 2.49. The second-order valence-electron chi connectivity index (χ2n) is 5.89. The van der Waals surface area contributed by atoms with Crippen molar-refractivity contribution in [2.45, 2.75) is 31.9 Å². The quantitative estimate of drug-likeness (QED) is 0.683. The zero-order valence-electron chi connectivity index (χ0n) is 12.6. The Hall–Kier alpha value is -1.34. The van der Waals surface area contributed by atoms with E-state index in [1.807, 2.05) is 0 Å². The molecular formula is C16H13BrClF3N2O. The summed E-state index contributed by atoms with van der Waals surface area (Å²) in [6, 6.07) is 6.55. The summed E-state index contributed by atoms with van der Waals surface area (Å²) in [5, 5.41) is 0.508. The average Bonchev–Trinajstić information content (AvgIpc) is 2.43. The summed E-state index contributed by atoms with van der Waals surface area (Å²) in [5.41, 5.74) is 0.661. The van der Waals surface area contributed by atoms with Gasteiger partial charge in [-0.1, -0.05) is 11.6 Å². The maximum Gasteiger partial charge on any atom is 0.391 e. The van der Waals surface area contributed by atoms with E-state index in [1.165, 1.54) is 4.57 Å². The standard InChI is InChI=1S/C16H13BrClF3N2O/c1-8-13(17)15(24)23(12-4-2-11(18)3-5-12)14(22-8)9-6-10(7-9)16(19,20)21/h2-5,9-10H,6-7H2,1H3/t9-,10+. The smallest absolute Gasteiger partial charge is 0.268 e. The van der Waals surface area contributed by atoms with E-state index in [4.69, 9.17) is 11.6 Å². The molecule has 0 N–H and O–H groups in total. The molecule has 0 unspecified atom stereocenters. The Balaban J connectivity index is 2.06. The lowest BCUT2D eigenvalue weighted by Gasteiger charge is -2.37. The van der Waals surface area contributed by atoms with Crippen molar-refractivity contribution < 1.29 is 13.2 Å². The fourth-order valence-electron chi connectivity index (χ4n) is 2.84. The van der Waals surface area contributed by atoms with E-state index in [0.717, 1.165) is 0 Å². The third-order valence-corrected chi connectivity index (χ3v) is 5.44. The van der Waals surface area contributed by atoms with Gasteiger partial charge in [0.05, 0.1) is 17.3 Å². The molecule has 1 aromatic carbocycles. The topological polar surface area (TPSA) is 34.9 Å². The zero-order valence-corrected chi connectivity index (χ0v) is 14.9. The van der Waals surface area contributed by atoms with Crippen LogP contribution in [0.2, 0.25) is 5.02 Å². The second-order valence-corrected chi connectivity index (χ2v) is 7.12. The Morgan fingerprint density at radius 1 is 1.25 bits per heavy atom. The van der Waals surface area contributed by atoms with Crippen molar-refractivity contribution in [3.8, 4) is 5.69 Å². The molecule has 1 aliphatic carbocycles. The lowest BCUT2D eigenvalue weighted by molar-refractivity contribution is -0.198. The Kier molecular flexibility index (Phi) is 4.51. The van der Waals surface area contributed by atoms with E-state index in [2.05, 4.69) is 20.9 Å². The summed E-state index contributed by atoms with van der Waals surface area (Å²) in [7, 11) is 0. The normalized spacial score (nSPS) is 20.8. The molecule has 0 bridgehead atoms. The molecule has 128 valence electrons. The number of aryl methyl sites for hydroxylation is 1. The number of aromatic nitrogens is 2. The molecule has 1 saturated carbocycles. The van der Waals surface area contributed by atoms with Gasteiger partial charge in [-0.2, -0.15) is 13.2 Å². The van der Waals surface area contributed by atoms with Gasteiger partial charge in [-0.3, -0.25) is 9.36 Å². The van der Waals surface area contributed by atoms with E-state index in [1.54, 1.807) is 31.2 Å². The fourth-order valence-corrected chi connectivity index (χ4v) is 3.23. The van der Waals surface area contributed by atoms with Gasteiger partial charge < -0.3 is 0 Å². The van der Waals surface area contributed by atoms with Crippen molar-refractivity contribution in [3.63, 3.8) is 0 Å². The van der Waals surface area contributed by atoms with Gasteiger partial charge in [0.25, 0.3) is 5.56 Å². The minimum atomic E-state index is -4.20. The van der Waals surface area contributed by atoms with Crippen LogP contribution in [0.3, 0.4) is 0 Å². The molecule has 0 spiro atoms. The first-order chi connectivity index (χ1) is 11.2. The molecule has 0 aliphatic heterocycles. The first-order valence-corrected chi connectivity index (χ1v) is 8.47. The molecule has 3 rings (SSSR count). The summed E-state index contributed by atoms with van der Waals surface area (Å²) in [4.78, 5) is 17.0. The van der Waals surface area contributed by atoms with Gasteiger partial charge in [-0.15, -0.1) is 0 Å². The number of benzene rings is 1. The maximum atomic E-state index is 12.8. The maximum absolute atomic E-state index is 12.8. The van der Waals surface area contributed by atoms with Crippen LogP contribution < -0.4 is 5.56 Å². The molecule has 1 aromatic heterocycles. The van der Waals surface area contributed by atoms with E-state index in [9.17, 15) is 18.0 Å². The van der Waals surface area contributed by atoms with E-state index < -0.39 is 18.0 Å². The predicted octanol–water partition coefficient (Wildman–Crippen LogP) is 5.01. The van der Waals surface area contributed by atoms with E-state index in [0.29, 0.717) is 26.7 Å². The molecule has 0 saturated heterocycles. The number of nitrogens with zero attached hydrogens (tertiary/aromatic N) is 2. The summed E-state index contributed by atoms with van der Waals surface area (Å²) >= 11 is 9.07. The molecule has 0 amide bonds. The van der Waals surface area contributed by atoms with Gasteiger partial charge >= 0.3 is 6.18 Å². The first kappa shape index (κ1) is 17.5. The molecule has 2 aromatic rings. The highest BCUT2D eigenvalue weighted by Gasteiger charge is 2.49. The summed E-state index contributed by atoms with van der Waals surface area (Å²) in [6.45, 7) is 1.65. The van der Waals surface area contributed by atoms with Gasteiger partial charge in [0.2, 0.25) is 0 Å². The van der Waals surface area contributed by atoms with Crippen LogP contribution in [0.1, 0.15) is 30.3 Å². The van der Waals surface area contributed by atoms with Crippen LogP contribution in [0, 0.1) is 12.8 Å². The van der Waals surface area contributed by atoms with Crippen LogP contribution in [-0.2, 0) is 0 Å². The average molecular weight is 422 g/mol. The van der Waals surface area contributed by atoms with Crippen molar-refractivity contribution in [2.75, 3.05) is 0 Å². The van der Waals surface area contributed by atoms with Crippen molar-refractivity contribution in [3.05, 3.63) is 55.6 Å². The van der Waals surface area contributed by atoms with Crippen molar-refractivity contribution in [1.29, 1.82) is 0 Å². The minimum absolute atomic E-state index is 0.0510. The Morgan fingerprint density at radius 3 is 2.38 bits per heavy atom.